The summed E-state index contributed by atoms with van der Waals surface area (Å²) in [6.45, 7) is 18.1. The first-order chi connectivity index (χ1) is 19.7. The van der Waals surface area contributed by atoms with Crippen LogP contribution in [0.15, 0.2) is 0 Å². The van der Waals surface area contributed by atoms with Gasteiger partial charge in [-0.3, -0.25) is 8.37 Å². The van der Waals surface area contributed by atoms with Crippen LogP contribution < -0.4 is 0 Å². The average molecular weight is 601 g/mol. The first-order valence-corrected chi connectivity index (χ1v) is 18.7. The fraction of sp³-hybridized carbons (Fsp3) is 1.00. The van der Waals surface area contributed by atoms with Gasteiger partial charge in [0.1, 0.15) is 22.4 Å². The van der Waals surface area contributed by atoms with Crippen molar-refractivity contribution in [1.82, 2.24) is 0 Å². The monoisotopic (exact) mass is 601 g/mol. The summed E-state index contributed by atoms with van der Waals surface area (Å²) in [5.74, 6) is 0. The Hall–Kier alpha value is 0.190. The molecule has 1 aliphatic rings. The van der Waals surface area contributed by atoms with E-state index in [0.29, 0.717) is 0 Å². The molecule has 1 rings (SSSR count). The minimum absolute atomic E-state index is 0.497. The maximum absolute atomic E-state index is 6.77. The summed E-state index contributed by atoms with van der Waals surface area (Å²) in [5.41, 5.74) is -2.08. The molecule has 0 aliphatic carbocycles. The van der Waals surface area contributed by atoms with E-state index in [1.165, 1.54) is 115 Å². The van der Waals surface area contributed by atoms with Crippen molar-refractivity contribution in [3.05, 3.63) is 0 Å². The van der Waals surface area contributed by atoms with E-state index in [-0.39, 0.29) is 0 Å². The molecule has 4 atom stereocenters. The zero-order chi connectivity index (χ0) is 30.5. The number of hydrogen-bond acceptors (Lipinski definition) is 5. The largest absolute Gasteiger partial charge is 0.282 e. The summed E-state index contributed by atoms with van der Waals surface area (Å²) in [6.07, 6.45) is 28.6. The average Bonchev–Trinajstić information content (AvgIpc) is 2.97. The van der Waals surface area contributed by atoms with Crippen LogP contribution in [-0.2, 0) is 18.1 Å². The van der Waals surface area contributed by atoms with Crippen molar-refractivity contribution < 1.29 is 18.1 Å². The molecule has 1 fully saturated rings. The van der Waals surface area contributed by atoms with Gasteiger partial charge in [0.15, 0.2) is 12.3 Å². The fourth-order valence-corrected chi connectivity index (χ4v) is 7.05. The van der Waals surface area contributed by atoms with Crippen LogP contribution in [-0.4, -0.2) is 22.4 Å². The first kappa shape index (κ1) is 39.2. The Morgan fingerprint density at radius 1 is 0.341 bits per heavy atom. The smallest absolute Gasteiger partial charge is 0.159 e. The van der Waals surface area contributed by atoms with Crippen LogP contribution in [0.5, 0.6) is 0 Å². The molecule has 0 N–H and O–H groups in total. The summed E-state index contributed by atoms with van der Waals surface area (Å²) in [7, 11) is 0. The van der Waals surface area contributed by atoms with E-state index in [0.717, 1.165) is 51.4 Å². The highest BCUT2D eigenvalue weighted by atomic mass is 32.2. The first-order valence-electron chi connectivity index (χ1n) is 18.1. The van der Waals surface area contributed by atoms with Crippen LogP contribution in [0, 0.1) is 0 Å². The lowest BCUT2D eigenvalue weighted by Crippen LogP contribution is -2.56. The standard InChI is InChI=1S/C36H72O4S/c1-9-13-17-21-25-29-33(5)35(7,31-27-23-19-15-11-3)39-41-40-36(8,32-28-24-20-16-12-4)34(6,38-37-33)30-26-22-18-14-10-2/h9-32H2,1-8H3. The van der Waals surface area contributed by atoms with Crippen LogP contribution in [0.3, 0.4) is 0 Å². The predicted molar refractivity (Wildman–Crippen MR) is 179 cm³/mol. The third kappa shape index (κ3) is 13.8. The normalized spacial score (nSPS) is 29.3. The predicted octanol–water partition coefficient (Wildman–Crippen LogP) is 13.0. The van der Waals surface area contributed by atoms with E-state index >= 15 is 0 Å². The number of unbranched alkanes of at least 4 members (excludes halogenated alkanes) is 16. The molecule has 246 valence electrons. The van der Waals surface area contributed by atoms with E-state index in [1.54, 1.807) is 0 Å². The van der Waals surface area contributed by atoms with Crippen LogP contribution in [0.2, 0.25) is 0 Å². The SMILES string of the molecule is CCCCCCCC1(C)OOC(C)(CCCCCCC)C(C)(CCCCCCC)OSOC1(C)CCCCCCC. The highest BCUT2D eigenvalue weighted by Gasteiger charge is 2.55. The van der Waals surface area contributed by atoms with Crippen LogP contribution in [0.1, 0.15) is 209 Å². The maximum atomic E-state index is 6.77. The van der Waals surface area contributed by atoms with Gasteiger partial charge in [-0.15, -0.1) is 0 Å². The minimum Gasteiger partial charge on any atom is -0.282 e. The van der Waals surface area contributed by atoms with Crippen molar-refractivity contribution in [3.8, 4) is 0 Å². The molecule has 1 heterocycles. The Balaban J connectivity index is 3.19. The molecule has 0 bridgehead atoms. The summed E-state index contributed by atoms with van der Waals surface area (Å²) < 4.78 is 13.5. The van der Waals surface area contributed by atoms with E-state index in [1.807, 2.05) is 0 Å². The topological polar surface area (TPSA) is 36.9 Å². The molecule has 4 unspecified atom stereocenters. The zero-order valence-corrected chi connectivity index (χ0v) is 29.8. The molecule has 1 aliphatic heterocycles. The molecule has 0 spiro atoms. The van der Waals surface area contributed by atoms with Crippen molar-refractivity contribution in [2.45, 2.75) is 232 Å². The molecule has 0 amide bonds. The Bertz CT molecular complexity index is 581. The lowest BCUT2D eigenvalue weighted by Gasteiger charge is -2.46. The quantitative estimate of drug-likeness (QED) is 0.0625. The summed E-state index contributed by atoms with van der Waals surface area (Å²) in [4.78, 5) is 13.5. The minimum atomic E-state index is -0.545. The van der Waals surface area contributed by atoms with E-state index < -0.39 is 22.4 Å². The van der Waals surface area contributed by atoms with Gasteiger partial charge in [-0.1, -0.05) is 156 Å². The number of rotatable bonds is 24. The van der Waals surface area contributed by atoms with Gasteiger partial charge in [0.05, 0.1) is 0 Å². The Kier molecular flexibility index (Phi) is 20.9. The lowest BCUT2D eigenvalue weighted by atomic mass is 9.77. The van der Waals surface area contributed by atoms with Gasteiger partial charge in [0.2, 0.25) is 0 Å². The maximum Gasteiger partial charge on any atom is 0.159 e. The van der Waals surface area contributed by atoms with E-state index in [2.05, 4.69) is 55.4 Å². The van der Waals surface area contributed by atoms with Gasteiger partial charge in [0.25, 0.3) is 0 Å². The molecule has 1 saturated heterocycles. The molecule has 0 radical (unpaired) electrons. The van der Waals surface area contributed by atoms with Gasteiger partial charge in [-0.2, -0.15) is 0 Å². The van der Waals surface area contributed by atoms with Gasteiger partial charge < -0.3 is 0 Å². The second-order valence-corrected chi connectivity index (χ2v) is 14.5. The van der Waals surface area contributed by atoms with Gasteiger partial charge in [-0.05, 0) is 53.4 Å². The summed E-state index contributed by atoms with van der Waals surface area (Å²) in [5, 5.41) is 0. The van der Waals surface area contributed by atoms with E-state index in [4.69, 9.17) is 18.1 Å². The highest BCUT2D eigenvalue weighted by molar-refractivity contribution is 7.89. The molecule has 4 nitrogen and oxygen atoms in total. The number of hydrogen-bond donors (Lipinski definition) is 0. The highest BCUT2D eigenvalue weighted by Crippen LogP contribution is 2.49. The van der Waals surface area contributed by atoms with Crippen molar-refractivity contribution in [1.29, 1.82) is 0 Å². The molecule has 0 aromatic carbocycles. The molecule has 41 heavy (non-hydrogen) atoms. The van der Waals surface area contributed by atoms with Crippen molar-refractivity contribution in [2.24, 2.45) is 0 Å². The van der Waals surface area contributed by atoms with Crippen molar-refractivity contribution >= 4 is 12.3 Å². The Morgan fingerprint density at radius 2 is 0.585 bits per heavy atom. The lowest BCUT2D eigenvalue weighted by molar-refractivity contribution is -0.444. The second-order valence-electron chi connectivity index (χ2n) is 14.0. The molecule has 0 aromatic rings. The molecular weight excluding hydrogens is 528 g/mol. The molecule has 5 heteroatoms. The van der Waals surface area contributed by atoms with Gasteiger partial charge >= 0.3 is 0 Å². The Morgan fingerprint density at radius 3 is 0.854 bits per heavy atom. The van der Waals surface area contributed by atoms with Crippen LogP contribution >= 0.6 is 12.3 Å². The Labute approximate surface area is 261 Å². The molecule has 0 saturated carbocycles. The molecular formula is C36H72O4S. The third-order valence-corrected chi connectivity index (χ3v) is 11.0. The zero-order valence-electron chi connectivity index (χ0n) is 29.0. The molecule has 0 aromatic heterocycles. The van der Waals surface area contributed by atoms with Crippen LogP contribution in [0.25, 0.3) is 0 Å². The van der Waals surface area contributed by atoms with Crippen molar-refractivity contribution in [2.75, 3.05) is 0 Å². The van der Waals surface area contributed by atoms with Gasteiger partial charge in [0, 0.05) is 0 Å². The van der Waals surface area contributed by atoms with Crippen LogP contribution in [0.4, 0.5) is 0 Å². The summed E-state index contributed by atoms with van der Waals surface area (Å²) in [6, 6.07) is 0. The third-order valence-electron chi connectivity index (χ3n) is 10.1. The van der Waals surface area contributed by atoms with Gasteiger partial charge in [-0.25, -0.2) is 9.78 Å². The van der Waals surface area contributed by atoms with E-state index in [9.17, 15) is 0 Å². The second kappa shape index (κ2) is 21.8. The summed E-state index contributed by atoms with van der Waals surface area (Å²) >= 11 is 1.23. The van der Waals surface area contributed by atoms with Crippen molar-refractivity contribution in [3.63, 3.8) is 0 Å². The fourth-order valence-electron chi connectivity index (χ4n) is 6.19.